The number of hydrogen-bond donors (Lipinski definition) is 2. The SMILES string of the molecule is C=C1C2=CC=CCC2Nc2ccccc2C2(/C(C)=C/c3c1sc1ccccc31)c1ccccc1-c1ccc(NC3=CC=C(C)CC3)cc12. The summed E-state index contributed by atoms with van der Waals surface area (Å²) in [6.45, 7) is 9.34. The maximum absolute atomic E-state index is 4.77. The molecule has 4 aliphatic rings. The maximum Gasteiger partial charge on any atom is 0.0694 e. The normalized spacial score (nSPS) is 22.0. The number of allylic oxidation sites excluding steroid dienone is 7. The Morgan fingerprint density at radius 2 is 1.60 bits per heavy atom. The molecule has 2 heterocycles. The second-order valence-corrected chi connectivity index (χ2v) is 14.6. The predicted molar refractivity (Wildman–Crippen MR) is 207 cm³/mol. The van der Waals surface area contributed by atoms with Gasteiger partial charge in [-0.25, -0.2) is 0 Å². The molecule has 234 valence electrons. The second-order valence-electron chi connectivity index (χ2n) is 13.6. The van der Waals surface area contributed by atoms with Gasteiger partial charge in [0.1, 0.15) is 0 Å². The van der Waals surface area contributed by atoms with Gasteiger partial charge in [-0.1, -0.05) is 115 Å². The van der Waals surface area contributed by atoms with Crippen LogP contribution in [0.15, 0.2) is 150 Å². The topological polar surface area (TPSA) is 24.1 Å². The Balaban J connectivity index is 1.37. The van der Waals surface area contributed by atoms with Gasteiger partial charge >= 0.3 is 0 Å². The van der Waals surface area contributed by atoms with Gasteiger partial charge < -0.3 is 10.6 Å². The van der Waals surface area contributed by atoms with E-state index in [1.165, 1.54) is 70.8 Å². The third kappa shape index (κ3) is 4.38. The van der Waals surface area contributed by atoms with Gasteiger partial charge in [-0.3, -0.25) is 0 Å². The Kier molecular flexibility index (Phi) is 6.81. The van der Waals surface area contributed by atoms with E-state index in [4.69, 9.17) is 6.58 Å². The first kappa shape index (κ1) is 29.1. The van der Waals surface area contributed by atoms with E-state index in [1.54, 1.807) is 0 Å². The summed E-state index contributed by atoms with van der Waals surface area (Å²) >= 11 is 1.86. The van der Waals surface area contributed by atoms with Gasteiger partial charge in [-0.15, -0.1) is 11.3 Å². The van der Waals surface area contributed by atoms with E-state index in [0.717, 1.165) is 36.2 Å². The van der Waals surface area contributed by atoms with Crippen LogP contribution < -0.4 is 10.6 Å². The van der Waals surface area contributed by atoms with Gasteiger partial charge in [0.05, 0.1) is 11.5 Å². The molecule has 3 heteroatoms. The average molecular weight is 639 g/mol. The van der Waals surface area contributed by atoms with Crippen molar-refractivity contribution in [1.29, 1.82) is 0 Å². The molecule has 0 radical (unpaired) electrons. The molecule has 4 aromatic carbocycles. The molecule has 0 bridgehead atoms. The van der Waals surface area contributed by atoms with Crippen LogP contribution in [0, 0.1) is 0 Å². The van der Waals surface area contributed by atoms with E-state index in [0.29, 0.717) is 0 Å². The number of hydrogen-bond acceptors (Lipinski definition) is 3. The van der Waals surface area contributed by atoms with Crippen molar-refractivity contribution in [3.05, 3.63) is 178 Å². The fourth-order valence-corrected chi connectivity index (χ4v) is 9.58. The molecule has 2 atom stereocenters. The highest BCUT2D eigenvalue weighted by Crippen LogP contribution is 2.59. The van der Waals surface area contributed by atoms with E-state index < -0.39 is 5.41 Å². The largest absolute Gasteiger partial charge is 0.378 e. The summed E-state index contributed by atoms with van der Waals surface area (Å²) in [6.07, 6.45) is 16.7. The van der Waals surface area contributed by atoms with Crippen molar-refractivity contribution in [1.82, 2.24) is 0 Å². The number of para-hydroxylation sites is 1. The van der Waals surface area contributed by atoms with Crippen molar-refractivity contribution in [2.45, 2.75) is 44.6 Å². The lowest BCUT2D eigenvalue weighted by Gasteiger charge is -2.37. The molecule has 9 rings (SSSR count). The Morgan fingerprint density at radius 3 is 2.48 bits per heavy atom. The molecule has 1 aliphatic heterocycles. The number of rotatable bonds is 2. The molecular formula is C45H38N2S. The third-order valence-corrected chi connectivity index (χ3v) is 12.0. The molecule has 0 amide bonds. The maximum atomic E-state index is 4.77. The summed E-state index contributed by atoms with van der Waals surface area (Å²) in [7, 11) is 0. The van der Waals surface area contributed by atoms with Crippen molar-refractivity contribution < 1.29 is 0 Å². The Bertz CT molecular complexity index is 2320. The molecule has 1 aromatic heterocycles. The molecule has 2 nitrogen and oxygen atoms in total. The predicted octanol–water partition coefficient (Wildman–Crippen LogP) is 12.0. The molecule has 2 N–H and O–H groups in total. The molecule has 0 fully saturated rings. The highest BCUT2D eigenvalue weighted by atomic mass is 32.1. The third-order valence-electron chi connectivity index (χ3n) is 10.7. The quantitative estimate of drug-likeness (QED) is 0.201. The molecule has 2 unspecified atom stereocenters. The van der Waals surface area contributed by atoms with Crippen molar-refractivity contribution in [2.24, 2.45) is 0 Å². The van der Waals surface area contributed by atoms with Gasteiger partial charge in [0.25, 0.3) is 0 Å². The molecular weight excluding hydrogens is 601 g/mol. The lowest BCUT2D eigenvalue weighted by Crippen LogP contribution is -2.31. The lowest BCUT2D eigenvalue weighted by atomic mass is 9.66. The van der Waals surface area contributed by atoms with E-state index in [1.807, 2.05) is 11.3 Å². The number of anilines is 2. The van der Waals surface area contributed by atoms with Crippen molar-refractivity contribution in [3.8, 4) is 11.1 Å². The average Bonchev–Trinajstić information content (AvgIpc) is 3.62. The number of fused-ring (bicyclic) bond motifs is 11. The summed E-state index contributed by atoms with van der Waals surface area (Å²) in [5, 5.41) is 9.17. The van der Waals surface area contributed by atoms with Crippen LogP contribution in [0.4, 0.5) is 11.4 Å². The van der Waals surface area contributed by atoms with Crippen LogP contribution in [0.5, 0.6) is 0 Å². The lowest BCUT2D eigenvalue weighted by molar-refractivity contribution is 0.748. The van der Waals surface area contributed by atoms with Crippen LogP contribution in [-0.4, -0.2) is 6.04 Å². The minimum absolute atomic E-state index is 0.107. The molecule has 48 heavy (non-hydrogen) atoms. The smallest absolute Gasteiger partial charge is 0.0694 e. The monoisotopic (exact) mass is 638 g/mol. The zero-order chi connectivity index (χ0) is 32.4. The zero-order valence-electron chi connectivity index (χ0n) is 27.4. The van der Waals surface area contributed by atoms with Gasteiger partial charge in [0, 0.05) is 37.6 Å². The molecule has 1 spiro atoms. The first-order valence-corrected chi connectivity index (χ1v) is 17.8. The standard InChI is InChI=1S/C45H38N2S/c1-28-20-22-31(23-21-28)46-32-24-25-35-34-13-4-7-15-38(34)45(40(35)27-32)29(2)26-37-36-14-6-11-19-43(36)48-44(37)30(3)33-12-5-9-17-41(33)47-42-18-10-8-16-39(42)45/h4-16,18-20,22,24-27,41,46-47H,3,17,21,23H2,1-2H3/b29-26+. The molecule has 3 aliphatic carbocycles. The van der Waals surface area contributed by atoms with Crippen LogP contribution in [0.25, 0.3) is 32.9 Å². The Hall–Kier alpha value is -5.12. The van der Waals surface area contributed by atoms with Crippen molar-refractivity contribution in [3.63, 3.8) is 0 Å². The Labute approximate surface area is 287 Å². The number of nitrogens with one attached hydrogen (secondary N) is 2. The van der Waals surface area contributed by atoms with Crippen LogP contribution >= 0.6 is 11.3 Å². The number of benzene rings is 4. The van der Waals surface area contributed by atoms with Crippen LogP contribution in [-0.2, 0) is 5.41 Å². The zero-order valence-corrected chi connectivity index (χ0v) is 28.3. The highest BCUT2D eigenvalue weighted by molar-refractivity contribution is 7.20. The molecule has 0 saturated heterocycles. The minimum atomic E-state index is -0.523. The summed E-state index contributed by atoms with van der Waals surface area (Å²) in [5.74, 6) is 0. The fourth-order valence-electron chi connectivity index (χ4n) is 8.41. The first-order chi connectivity index (χ1) is 23.5. The highest BCUT2D eigenvalue weighted by Gasteiger charge is 2.48. The van der Waals surface area contributed by atoms with E-state index >= 15 is 0 Å². The summed E-state index contributed by atoms with van der Waals surface area (Å²) < 4.78 is 1.29. The minimum Gasteiger partial charge on any atom is -0.378 e. The van der Waals surface area contributed by atoms with Gasteiger partial charge in [-0.05, 0) is 102 Å². The van der Waals surface area contributed by atoms with Gasteiger partial charge in [0.15, 0.2) is 0 Å². The van der Waals surface area contributed by atoms with Crippen LogP contribution in [0.1, 0.15) is 60.2 Å². The molecule has 0 saturated carbocycles. The molecule has 5 aromatic rings. The van der Waals surface area contributed by atoms with Crippen LogP contribution in [0.2, 0.25) is 0 Å². The van der Waals surface area contributed by atoms with E-state index in [-0.39, 0.29) is 6.04 Å². The number of thiophene rings is 1. The van der Waals surface area contributed by atoms with Gasteiger partial charge in [-0.2, -0.15) is 0 Å². The van der Waals surface area contributed by atoms with Crippen molar-refractivity contribution in [2.75, 3.05) is 10.6 Å². The summed E-state index contributed by atoms with van der Waals surface area (Å²) in [6, 6.07) is 34.0. The fraction of sp³-hybridized carbons (Fsp3) is 0.156. The first-order valence-electron chi connectivity index (χ1n) is 17.0. The van der Waals surface area contributed by atoms with Crippen molar-refractivity contribution >= 4 is 44.4 Å². The second kappa shape index (κ2) is 11.2. The van der Waals surface area contributed by atoms with E-state index in [2.05, 4.69) is 152 Å². The van der Waals surface area contributed by atoms with Crippen LogP contribution in [0.3, 0.4) is 0 Å². The Morgan fingerprint density at radius 1 is 0.812 bits per heavy atom. The summed E-state index contributed by atoms with van der Waals surface area (Å²) in [4.78, 5) is 1.25. The summed E-state index contributed by atoms with van der Waals surface area (Å²) in [5.41, 5.74) is 15.9. The van der Waals surface area contributed by atoms with Gasteiger partial charge in [0.2, 0.25) is 0 Å². The van der Waals surface area contributed by atoms with E-state index in [9.17, 15) is 0 Å².